The van der Waals surface area contributed by atoms with Crippen LogP contribution in [-0.2, 0) is 15.2 Å². The fraction of sp³-hybridized carbons (Fsp3) is 0.115. The van der Waals surface area contributed by atoms with Crippen LogP contribution in [0.1, 0.15) is 22.4 Å². The van der Waals surface area contributed by atoms with E-state index in [1.807, 2.05) is 54.6 Å². The van der Waals surface area contributed by atoms with Crippen molar-refractivity contribution in [3.63, 3.8) is 0 Å². The Kier molecular flexibility index (Phi) is 7.91. The van der Waals surface area contributed by atoms with Crippen LogP contribution in [0.3, 0.4) is 0 Å². The third-order valence-corrected chi connectivity index (χ3v) is 6.39. The Morgan fingerprint density at radius 3 is 1.88 bits per heavy atom. The first-order valence-corrected chi connectivity index (χ1v) is 13.0. The van der Waals surface area contributed by atoms with Crippen LogP contribution >= 0.6 is 33.9 Å². The molecular weight excluding hydrogens is 561 g/mol. The zero-order valence-corrected chi connectivity index (χ0v) is 21.1. The number of hydrogen-bond donors (Lipinski definition) is 2. The fourth-order valence-corrected chi connectivity index (χ4v) is 4.67. The molecule has 0 aliphatic heterocycles. The summed E-state index contributed by atoms with van der Waals surface area (Å²) >= 11 is 3.46. The summed E-state index contributed by atoms with van der Waals surface area (Å²) in [4.78, 5) is 21.5. The van der Waals surface area contributed by atoms with Crippen LogP contribution in [0.4, 0.5) is 5.13 Å². The summed E-state index contributed by atoms with van der Waals surface area (Å²) in [6.07, 6.45) is 0. The Morgan fingerprint density at radius 2 is 1.44 bits per heavy atom. The van der Waals surface area contributed by atoms with Crippen LogP contribution in [0.2, 0.25) is 0 Å². The van der Waals surface area contributed by atoms with Crippen LogP contribution in [0.5, 0.6) is 0 Å². The van der Waals surface area contributed by atoms with E-state index < -0.39 is 11.5 Å². The van der Waals surface area contributed by atoms with Gasteiger partial charge in [0, 0.05) is 9.81 Å². The second-order valence-electron chi connectivity index (χ2n) is 7.28. The number of carboxylic acid groups (broad SMARTS) is 1. The molecule has 6 nitrogen and oxygen atoms in total. The molecule has 0 fully saturated rings. The Hall–Kier alpha value is -3.24. The number of carbonyl (C=O) groups is 1. The van der Waals surface area contributed by atoms with E-state index in [9.17, 15) is 9.90 Å². The number of carboxylic acids is 1. The van der Waals surface area contributed by atoms with Crippen LogP contribution in [0, 0.1) is 0 Å². The topological polar surface area (TPSA) is 83.8 Å². The van der Waals surface area contributed by atoms with Crippen LogP contribution < -0.4 is 5.32 Å². The van der Waals surface area contributed by atoms with Crippen LogP contribution in [-0.4, -0.2) is 32.8 Å². The van der Waals surface area contributed by atoms with E-state index in [0.717, 1.165) is 16.7 Å². The van der Waals surface area contributed by atoms with Crippen LogP contribution in [0.25, 0.3) is 0 Å². The summed E-state index contributed by atoms with van der Waals surface area (Å²) < 4.78 is 0.700. The minimum Gasteiger partial charge on any atom is -0.476 e. The number of alkyl halides is 1. The molecule has 0 atom stereocenters. The molecule has 2 N–H and O–H groups in total. The molecule has 1 heterocycles. The van der Waals surface area contributed by atoms with Crippen molar-refractivity contribution in [1.82, 2.24) is 4.98 Å². The summed E-state index contributed by atoms with van der Waals surface area (Å²) in [6, 6.07) is 30.4. The van der Waals surface area contributed by atoms with Gasteiger partial charge in [-0.15, -0.1) is 11.3 Å². The first-order valence-electron chi connectivity index (χ1n) is 10.5. The summed E-state index contributed by atoms with van der Waals surface area (Å²) in [5.41, 5.74) is 2.36. The van der Waals surface area contributed by atoms with E-state index in [2.05, 4.69) is 74.4 Å². The molecule has 0 aliphatic carbocycles. The number of benzene rings is 3. The van der Waals surface area contributed by atoms with Crippen molar-refractivity contribution in [3.05, 3.63) is 119 Å². The number of aliphatic carboxylic acids is 1. The van der Waals surface area contributed by atoms with Crippen molar-refractivity contribution in [2.75, 3.05) is 16.4 Å². The molecule has 3 aromatic carbocycles. The lowest BCUT2D eigenvalue weighted by molar-refractivity contribution is -0.129. The standard InChI is InChI=1S/C26H22IN3O3S/c27-16-17-33-30-23(24(31)32)22-18-34-25(28-22)29-26(19-10-4-1-5-11-19,20-12-6-2-7-13-20)21-14-8-3-9-15-21/h1-15,18H,16-17H2,(H,28,29)(H,31,32)/b30-23+. The van der Waals surface area contributed by atoms with Gasteiger partial charge in [0.15, 0.2) is 5.13 Å². The summed E-state index contributed by atoms with van der Waals surface area (Å²) in [6.45, 7) is 0.325. The number of nitrogens with zero attached hydrogens (tertiary/aromatic N) is 2. The molecule has 8 heteroatoms. The van der Waals surface area contributed by atoms with Gasteiger partial charge in [-0.2, -0.15) is 0 Å². The number of oxime groups is 1. The zero-order chi connectivity index (χ0) is 23.8. The molecule has 0 amide bonds. The normalized spacial score (nSPS) is 11.7. The van der Waals surface area contributed by atoms with Gasteiger partial charge in [0.1, 0.15) is 17.8 Å². The molecular formula is C26H22IN3O3S. The highest BCUT2D eigenvalue weighted by molar-refractivity contribution is 14.1. The Bertz CT molecular complexity index is 1150. The average molecular weight is 583 g/mol. The number of halogens is 1. The van der Waals surface area contributed by atoms with Crippen molar-refractivity contribution in [3.8, 4) is 0 Å². The SMILES string of the molecule is O=C(O)/C(=N/OCCI)c1csc(NC(c2ccccc2)(c2ccccc2)c2ccccc2)n1. The number of anilines is 1. The lowest BCUT2D eigenvalue weighted by Gasteiger charge is -2.36. The van der Waals surface area contributed by atoms with Gasteiger partial charge < -0.3 is 15.3 Å². The van der Waals surface area contributed by atoms with E-state index in [-0.39, 0.29) is 11.4 Å². The predicted molar refractivity (Wildman–Crippen MR) is 144 cm³/mol. The molecule has 0 saturated carbocycles. The molecule has 0 aliphatic rings. The molecule has 0 bridgehead atoms. The van der Waals surface area contributed by atoms with Crippen molar-refractivity contribution in [1.29, 1.82) is 0 Å². The van der Waals surface area contributed by atoms with Gasteiger partial charge in [0.25, 0.3) is 0 Å². The maximum atomic E-state index is 11.8. The first kappa shape index (κ1) is 23.9. The minimum atomic E-state index is -1.19. The van der Waals surface area contributed by atoms with Gasteiger partial charge in [-0.25, -0.2) is 9.78 Å². The molecule has 4 aromatic rings. The Labute approximate surface area is 215 Å². The second-order valence-corrected chi connectivity index (χ2v) is 9.22. The van der Waals surface area contributed by atoms with Crippen molar-refractivity contribution in [2.24, 2.45) is 5.16 Å². The lowest BCUT2D eigenvalue weighted by atomic mass is 9.77. The van der Waals surface area contributed by atoms with E-state index in [4.69, 9.17) is 4.84 Å². The second kappa shape index (κ2) is 11.3. The molecule has 1 aromatic heterocycles. The largest absolute Gasteiger partial charge is 0.476 e. The van der Waals surface area contributed by atoms with Gasteiger partial charge in [-0.3, -0.25) is 0 Å². The van der Waals surface area contributed by atoms with Crippen LogP contribution in [0.15, 0.2) is 102 Å². The van der Waals surface area contributed by atoms with E-state index in [1.54, 1.807) is 5.38 Å². The fourth-order valence-electron chi connectivity index (χ4n) is 3.72. The van der Waals surface area contributed by atoms with Crippen molar-refractivity contribution in [2.45, 2.75) is 5.54 Å². The smallest absolute Gasteiger partial charge is 0.360 e. The summed E-state index contributed by atoms with van der Waals surface area (Å²) in [5.74, 6) is -1.19. The van der Waals surface area contributed by atoms with Gasteiger partial charge in [0.05, 0.1) is 0 Å². The summed E-state index contributed by atoms with van der Waals surface area (Å²) in [5, 5.41) is 19.3. The summed E-state index contributed by atoms with van der Waals surface area (Å²) in [7, 11) is 0. The van der Waals surface area contributed by atoms with Crippen molar-refractivity contribution < 1.29 is 14.7 Å². The van der Waals surface area contributed by atoms with Crippen molar-refractivity contribution >= 4 is 50.7 Å². The highest BCUT2D eigenvalue weighted by atomic mass is 127. The molecule has 172 valence electrons. The number of nitrogens with one attached hydrogen (secondary N) is 1. The molecule has 34 heavy (non-hydrogen) atoms. The number of thiazole rings is 1. The van der Waals surface area contributed by atoms with Gasteiger partial charge >= 0.3 is 5.97 Å². The van der Waals surface area contributed by atoms with Gasteiger partial charge in [-0.1, -0.05) is 119 Å². The maximum Gasteiger partial charge on any atom is 0.360 e. The third kappa shape index (κ3) is 5.13. The quantitative estimate of drug-likeness (QED) is 0.0617. The van der Waals surface area contributed by atoms with E-state index >= 15 is 0 Å². The maximum absolute atomic E-state index is 11.8. The van der Waals surface area contributed by atoms with Gasteiger partial charge in [-0.05, 0) is 16.7 Å². The average Bonchev–Trinajstić information content (AvgIpc) is 3.34. The predicted octanol–water partition coefficient (Wildman–Crippen LogP) is 5.79. The lowest BCUT2D eigenvalue weighted by Crippen LogP contribution is -2.38. The number of rotatable bonds is 10. The third-order valence-electron chi connectivity index (χ3n) is 5.19. The minimum absolute atomic E-state index is 0.223. The molecule has 0 radical (unpaired) electrons. The number of aromatic nitrogens is 1. The number of hydrogen-bond acceptors (Lipinski definition) is 6. The zero-order valence-electron chi connectivity index (χ0n) is 18.1. The Morgan fingerprint density at radius 1 is 0.941 bits per heavy atom. The molecule has 4 rings (SSSR count). The first-order chi connectivity index (χ1) is 16.6. The van der Waals surface area contributed by atoms with E-state index in [1.165, 1.54) is 11.3 Å². The molecule has 0 unspecified atom stereocenters. The van der Waals surface area contributed by atoms with Gasteiger partial charge in [0.2, 0.25) is 5.71 Å². The highest BCUT2D eigenvalue weighted by Gasteiger charge is 2.37. The monoisotopic (exact) mass is 583 g/mol. The Balaban J connectivity index is 1.84. The molecule has 0 spiro atoms. The molecule has 0 saturated heterocycles. The highest BCUT2D eigenvalue weighted by Crippen LogP contribution is 2.40. The van der Waals surface area contributed by atoms with E-state index in [0.29, 0.717) is 16.2 Å².